The van der Waals surface area contributed by atoms with Gasteiger partial charge in [0.25, 0.3) is 5.91 Å². The second kappa shape index (κ2) is 7.77. The molecule has 1 aromatic heterocycles. The van der Waals surface area contributed by atoms with Crippen LogP contribution < -0.4 is 15.4 Å². The van der Waals surface area contributed by atoms with Crippen LogP contribution in [-0.4, -0.2) is 23.0 Å². The third kappa shape index (κ3) is 4.13. The van der Waals surface area contributed by atoms with E-state index in [0.717, 1.165) is 5.69 Å². The number of hydrogen-bond donors (Lipinski definition) is 2. The highest BCUT2D eigenvalue weighted by atomic mass is 16.5. The van der Waals surface area contributed by atoms with Crippen LogP contribution in [0, 0.1) is 11.3 Å². The number of benzene rings is 2. The van der Waals surface area contributed by atoms with Gasteiger partial charge in [0.15, 0.2) is 0 Å². The molecule has 0 saturated heterocycles. The Bertz CT molecular complexity index is 930. The molecule has 0 spiro atoms. The van der Waals surface area contributed by atoms with Crippen molar-refractivity contribution in [2.24, 2.45) is 0 Å². The number of nitrogens with zero attached hydrogens (tertiary/aromatic N) is 3. The van der Waals surface area contributed by atoms with E-state index in [1.807, 2.05) is 0 Å². The van der Waals surface area contributed by atoms with Gasteiger partial charge in [0, 0.05) is 11.4 Å². The lowest BCUT2D eigenvalue weighted by molar-refractivity contribution is 0.102. The maximum Gasteiger partial charge on any atom is 0.275 e. The van der Waals surface area contributed by atoms with Crippen LogP contribution in [0.2, 0.25) is 0 Å². The second-order valence-electron chi connectivity index (χ2n) is 5.28. The zero-order chi connectivity index (χ0) is 18.4. The van der Waals surface area contributed by atoms with Gasteiger partial charge in [-0.05, 0) is 48.5 Å². The first kappa shape index (κ1) is 16.9. The molecule has 0 radical (unpaired) electrons. The summed E-state index contributed by atoms with van der Waals surface area (Å²) in [5.74, 6) is 0.851. The molecule has 0 aliphatic carbocycles. The number of methoxy groups -OCH3 is 1. The summed E-state index contributed by atoms with van der Waals surface area (Å²) in [6.45, 7) is 0. The molecule has 7 heteroatoms. The Hall–Kier alpha value is -3.92. The molecule has 3 aromatic rings. The number of carbonyl (C=O) groups excluding carboxylic acids is 1. The molecular formula is C19H15N5O2. The van der Waals surface area contributed by atoms with Gasteiger partial charge < -0.3 is 15.4 Å². The lowest BCUT2D eigenvalue weighted by Crippen LogP contribution is -2.14. The largest absolute Gasteiger partial charge is 0.497 e. The van der Waals surface area contributed by atoms with Gasteiger partial charge in [-0.2, -0.15) is 5.26 Å². The minimum absolute atomic E-state index is 0.200. The van der Waals surface area contributed by atoms with Gasteiger partial charge in [0.05, 0.1) is 31.1 Å². The summed E-state index contributed by atoms with van der Waals surface area (Å²) < 4.78 is 5.08. The topological polar surface area (TPSA) is 99.9 Å². The summed E-state index contributed by atoms with van der Waals surface area (Å²) >= 11 is 0. The number of carbonyl (C=O) groups is 1. The molecular weight excluding hydrogens is 330 g/mol. The van der Waals surface area contributed by atoms with Crippen LogP contribution in [0.1, 0.15) is 16.1 Å². The van der Waals surface area contributed by atoms with E-state index in [1.54, 1.807) is 55.6 Å². The van der Waals surface area contributed by atoms with Gasteiger partial charge in [0.1, 0.15) is 17.3 Å². The number of aromatic nitrogens is 2. The van der Waals surface area contributed by atoms with Gasteiger partial charge in [-0.3, -0.25) is 4.79 Å². The highest BCUT2D eigenvalue weighted by molar-refractivity contribution is 6.02. The molecule has 0 fully saturated rings. The minimum Gasteiger partial charge on any atom is -0.497 e. The van der Waals surface area contributed by atoms with Crippen LogP contribution in [0.25, 0.3) is 0 Å². The van der Waals surface area contributed by atoms with Crippen LogP contribution in [-0.2, 0) is 0 Å². The maximum absolute atomic E-state index is 12.2. The van der Waals surface area contributed by atoms with Crippen molar-refractivity contribution in [2.45, 2.75) is 0 Å². The molecule has 0 unspecified atom stereocenters. The predicted molar refractivity (Wildman–Crippen MR) is 97.4 cm³/mol. The van der Waals surface area contributed by atoms with Crippen LogP contribution in [0.15, 0.2) is 60.9 Å². The number of ether oxygens (including phenoxy) is 1. The van der Waals surface area contributed by atoms with Gasteiger partial charge in [-0.15, -0.1) is 0 Å². The van der Waals surface area contributed by atoms with E-state index < -0.39 is 0 Å². The Labute approximate surface area is 150 Å². The molecule has 128 valence electrons. The standard InChI is InChI=1S/C19H15N5O2/c1-26-16-8-6-15(7-9-16)24-19(25)17-11-22-18(12-21-17)23-14-4-2-13(10-20)3-5-14/h2-9,11-12H,1H3,(H,22,23)(H,24,25). The first-order chi connectivity index (χ1) is 12.7. The number of nitriles is 1. The van der Waals surface area contributed by atoms with Crippen molar-refractivity contribution >= 4 is 23.1 Å². The summed E-state index contributed by atoms with van der Waals surface area (Å²) in [6, 6.07) is 16.0. The average Bonchev–Trinajstić information content (AvgIpc) is 2.69. The molecule has 1 amide bonds. The fourth-order valence-electron chi connectivity index (χ4n) is 2.16. The van der Waals surface area contributed by atoms with Crippen molar-refractivity contribution in [2.75, 3.05) is 17.7 Å². The van der Waals surface area contributed by atoms with Crippen molar-refractivity contribution in [3.63, 3.8) is 0 Å². The third-order valence-corrected chi connectivity index (χ3v) is 3.52. The fourth-order valence-corrected chi connectivity index (χ4v) is 2.16. The lowest BCUT2D eigenvalue weighted by Gasteiger charge is -2.07. The number of nitrogens with one attached hydrogen (secondary N) is 2. The monoisotopic (exact) mass is 345 g/mol. The number of hydrogen-bond acceptors (Lipinski definition) is 6. The summed E-state index contributed by atoms with van der Waals surface area (Å²) in [6.07, 6.45) is 2.87. The number of amides is 1. The molecule has 2 N–H and O–H groups in total. The van der Waals surface area contributed by atoms with Crippen LogP contribution in [0.4, 0.5) is 17.2 Å². The Balaban J connectivity index is 1.64. The normalized spacial score (nSPS) is 9.85. The molecule has 7 nitrogen and oxygen atoms in total. The Morgan fingerprint density at radius 1 is 1.00 bits per heavy atom. The quantitative estimate of drug-likeness (QED) is 0.735. The van der Waals surface area contributed by atoms with Crippen LogP contribution in [0.3, 0.4) is 0 Å². The molecule has 0 atom stereocenters. The molecule has 0 bridgehead atoms. The summed E-state index contributed by atoms with van der Waals surface area (Å²) in [4.78, 5) is 20.5. The predicted octanol–water partition coefficient (Wildman–Crippen LogP) is 3.35. The van der Waals surface area contributed by atoms with Crippen LogP contribution in [0.5, 0.6) is 5.75 Å². The van der Waals surface area contributed by atoms with E-state index in [4.69, 9.17) is 10.00 Å². The van der Waals surface area contributed by atoms with Gasteiger partial charge >= 0.3 is 0 Å². The van der Waals surface area contributed by atoms with E-state index in [1.165, 1.54) is 12.4 Å². The van der Waals surface area contributed by atoms with Crippen molar-refractivity contribution < 1.29 is 9.53 Å². The molecule has 3 rings (SSSR count). The second-order valence-corrected chi connectivity index (χ2v) is 5.28. The van der Waals surface area contributed by atoms with Crippen molar-refractivity contribution in [1.82, 2.24) is 9.97 Å². The number of rotatable bonds is 5. The highest BCUT2D eigenvalue weighted by Gasteiger charge is 2.09. The SMILES string of the molecule is COc1ccc(NC(=O)c2cnc(Nc3ccc(C#N)cc3)cn2)cc1. The van der Waals surface area contributed by atoms with E-state index in [-0.39, 0.29) is 11.6 Å². The average molecular weight is 345 g/mol. The van der Waals surface area contributed by atoms with E-state index in [9.17, 15) is 4.79 Å². The Morgan fingerprint density at radius 3 is 2.27 bits per heavy atom. The molecule has 2 aromatic carbocycles. The van der Waals surface area contributed by atoms with E-state index in [2.05, 4.69) is 26.7 Å². The van der Waals surface area contributed by atoms with Gasteiger partial charge in [-0.25, -0.2) is 9.97 Å². The molecule has 0 saturated carbocycles. The lowest BCUT2D eigenvalue weighted by atomic mass is 10.2. The first-order valence-corrected chi connectivity index (χ1v) is 7.72. The molecule has 26 heavy (non-hydrogen) atoms. The van der Waals surface area contributed by atoms with E-state index >= 15 is 0 Å². The molecule has 1 heterocycles. The number of anilines is 3. The van der Waals surface area contributed by atoms with Crippen molar-refractivity contribution in [3.8, 4) is 11.8 Å². The Morgan fingerprint density at radius 2 is 1.69 bits per heavy atom. The molecule has 0 aliphatic rings. The zero-order valence-electron chi connectivity index (χ0n) is 13.9. The highest BCUT2D eigenvalue weighted by Crippen LogP contribution is 2.17. The maximum atomic E-state index is 12.2. The first-order valence-electron chi connectivity index (χ1n) is 7.72. The van der Waals surface area contributed by atoms with E-state index in [0.29, 0.717) is 22.8 Å². The Kier molecular flexibility index (Phi) is 5.05. The van der Waals surface area contributed by atoms with Crippen LogP contribution >= 0.6 is 0 Å². The summed E-state index contributed by atoms with van der Waals surface area (Å²) in [5.41, 5.74) is 2.18. The summed E-state index contributed by atoms with van der Waals surface area (Å²) in [7, 11) is 1.58. The van der Waals surface area contributed by atoms with Crippen molar-refractivity contribution in [1.29, 1.82) is 5.26 Å². The minimum atomic E-state index is -0.354. The fraction of sp³-hybridized carbons (Fsp3) is 0.0526. The third-order valence-electron chi connectivity index (χ3n) is 3.52. The molecule has 0 aliphatic heterocycles. The van der Waals surface area contributed by atoms with Gasteiger partial charge in [0.2, 0.25) is 0 Å². The van der Waals surface area contributed by atoms with Crippen molar-refractivity contribution in [3.05, 3.63) is 72.2 Å². The smallest absolute Gasteiger partial charge is 0.275 e. The zero-order valence-corrected chi connectivity index (χ0v) is 13.9. The van der Waals surface area contributed by atoms with Gasteiger partial charge in [-0.1, -0.05) is 0 Å². The summed E-state index contributed by atoms with van der Waals surface area (Å²) in [5, 5.41) is 14.6.